The van der Waals surface area contributed by atoms with E-state index in [1.54, 1.807) is 30.3 Å². The standard InChI is InChI=1S/C31H36ClN7O4S/c1-3-43-30-25(6-8-28(32)36-30)31(38-16-14-37(15-17-38)23-10-12-34-13-11-23)21-39(27-7-4-22(19-33)18-26(27)31)44(40,41)29-9-5-24(42-2)20-35-29/h4-9,18,20,23,34H,3,10-17,21H2,1-2H3. The van der Waals surface area contributed by atoms with Gasteiger partial charge in [0.25, 0.3) is 10.0 Å². The van der Waals surface area contributed by atoms with Crippen LogP contribution in [0.3, 0.4) is 0 Å². The van der Waals surface area contributed by atoms with Crippen LogP contribution in [0.25, 0.3) is 0 Å². The number of rotatable bonds is 8. The summed E-state index contributed by atoms with van der Waals surface area (Å²) in [6.45, 7) is 7.33. The van der Waals surface area contributed by atoms with Gasteiger partial charge in [0.1, 0.15) is 10.9 Å². The van der Waals surface area contributed by atoms with E-state index in [4.69, 9.17) is 21.1 Å². The molecular weight excluding hydrogens is 602 g/mol. The Labute approximate surface area is 263 Å². The van der Waals surface area contributed by atoms with Crippen LogP contribution in [-0.4, -0.2) is 93.8 Å². The fourth-order valence-corrected chi connectivity index (χ4v) is 8.36. The number of pyridine rings is 2. The molecule has 44 heavy (non-hydrogen) atoms. The van der Waals surface area contributed by atoms with Crippen LogP contribution in [0.5, 0.6) is 11.6 Å². The molecule has 0 bridgehead atoms. The number of hydrogen-bond donors (Lipinski definition) is 1. The van der Waals surface area contributed by atoms with Crippen molar-refractivity contribution in [2.75, 3.05) is 63.8 Å². The first-order valence-electron chi connectivity index (χ1n) is 14.9. The van der Waals surface area contributed by atoms with Crippen molar-refractivity contribution in [3.8, 4) is 17.7 Å². The van der Waals surface area contributed by atoms with E-state index < -0.39 is 15.6 Å². The van der Waals surface area contributed by atoms with Crippen molar-refractivity contribution in [2.45, 2.75) is 36.4 Å². The molecule has 2 saturated heterocycles. The molecule has 1 aromatic carbocycles. The number of fused-ring (bicyclic) bond motifs is 1. The van der Waals surface area contributed by atoms with Gasteiger partial charge >= 0.3 is 0 Å². The fraction of sp³-hybridized carbons (Fsp3) is 0.452. The summed E-state index contributed by atoms with van der Waals surface area (Å²) in [7, 11) is -2.62. The van der Waals surface area contributed by atoms with E-state index in [2.05, 4.69) is 31.2 Å². The minimum atomic E-state index is -4.12. The van der Waals surface area contributed by atoms with Crippen LogP contribution in [-0.2, 0) is 15.6 Å². The van der Waals surface area contributed by atoms with Crippen LogP contribution in [0, 0.1) is 11.3 Å². The van der Waals surface area contributed by atoms with Gasteiger partial charge in [0.05, 0.1) is 49.3 Å². The molecule has 3 aliphatic heterocycles. The summed E-state index contributed by atoms with van der Waals surface area (Å²) in [5.41, 5.74) is 1.32. The summed E-state index contributed by atoms with van der Waals surface area (Å²) >= 11 is 6.37. The van der Waals surface area contributed by atoms with Crippen LogP contribution in [0.2, 0.25) is 5.15 Å². The number of benzene rings is 1. The number of nitrogens with one attached hydrogen (secondary N) is 1. The zero-order valence-electron chi connectivity index (χ0n) is 24.9. The Hall–Kier alpha value is -3.47. The number of piperidine rings is 1. The maximum Gasteiger partial charge on any atom is 0.281 e. The van der Waals surface area contributed by atoms with Crippen molar-refractivity contribution >= 4 is 27.3 Å². The third-order valence-electron chi connectivity index (χ3n) is 8.94. The highest BCUT2D eigenvalue weighted by Crippen LogP contribution is 2.52. The average molecular weight is 638 g/mol. The van der Waals surface area contributed by atoms with E-state index in [1.807, 2.05) is 13.0 Å². The number of methoxy groups -OCH3 is 1. The predicted octanol–water partition coefficient (Wildman–Crippen LogP) is 3.23. The molecule has 0 aliphatic carbocycles. The van der Waals surface area contributed by atoms with E-state index >= 15 is 0 Å². The zero-order chi connectivity index (χ0) is 30.9. The third kappa shape index (κ3) is 5.37. The highest BCUT2D eigenvalue weighted by atomic mass is 35.5. The van der Waals surface area contributed by atoms with E-state index in [-0.39, 0.29) is 16.7 Å². The number of ether oxygens (including phenoxy) is 2. The van der Waals surface area contributed by atoms with Crippen LogP contribution in [0.15, 0.2) is 53.7 Å². The molecule has 0 radical (unpaired) electrons. The molecule has 11 nitrogen and oxygen atoms in total. The molecule has 13 heteroatoms. The molecule has 1 unspecified atom stereocenters. The monoisotopic (exact) mass is 637 g/mol. The van der Waals surface area contributed by atoms with Gasteiger partial charge in [0.2, 0.25) is 5.88 Å². The first kappa shape index (κ1) is 30.6. The highest BCUT2D eigenvalue weighted by molar-refractivity contribution is 7.92. The van der Waals surface area contributed by atoms with Gasteiger partial charge in [-0.3, -0.25) is 14.1 Å². The lowest BCUT2D eigenvalue weighted by molar-refractivity contribution is 0.0329. The van der Waals surface area contributed by atoms with Crippen molar-refractivity contribution in [3.63, 3.8) is 0 Å². The van der Waals surface area contributed by atoms with Gasteiger partial charge in [-0.2, -0.15) is 13.7 Å². The van der Waals surface area contributed by atoms with Gasteiger partial charge < -0.3 is 14.8 Å². The number of nitriles is 1. The molecule has 3 aliphatic rings. The topological polar surface area (TPSA) is 124 Å². The lowest BCUT2D eigenvalue weighted by atomic mass is 9.82. The minimum Gasteiger partial charge on any atom is -0.495 e. The third-order valence-corrected chi connectivity index (χ3v) is 10.8. The lowest BCUT2D eigenvalue weighted by Crippen LogP contribution is -2.60. The number of halogens is 1. The van der Waals surface area contributed by atoms with E-state index in [0.29, 0.717) is 59.7 Å². The van der Waals surface area contributed by atoms with Gasteiger partial charge in [-0.1, -0.05) is 11.6 Å². The molecule has 5 heterocycles. The Kier molecular flexibility index (Phi) is 8.68. The number of anilines is 1. The summed E-state index contributed by atoms with van der Waals surface area (Å²) in [5.74, 6) is 0.801. The Morgan fingerprint density at radius 1 is 1.09 bits per heavy atom. The number of hydrogen-bond acceptors (Lipinski definition) is 10. The maximum atomic E-state index is 14.3. The largest absolute Gasteiger partial charge is 0.495 e. The van der Waals surface area contributed by atoms with Crippen molar-refractivity contribution in [3.05, 3.63) is 70.5 Å². The molecule has 1 N–H and O–H groups in total. The molecule has 6 rings (SSSR count). The van der Waals surface area contributed by atoms with Gasteiger partial charge in [-0.25, -0.2) is 9.97 Å². The van der Waals surface area contributed by atoms with Crippen molar-refractivity contribution in [1.82, 2.24) is 25.1 Å². The second-order valence-electron chi connectivity index (χ2n) is 11.2. The molecule has 0 saturated carbocycles. The first-order valence-corrected chi connectivity index (χ1v) is 16.7. The molecule has 0 amide bonds. The molecule has 2 fully saturated rings. The lowest BCUT2D eigenvalue weighted by Gasteiger charge is -2.48. The number of nitrogens with zero attached hydrogens (tertiary/aromatic N) is 6. The summed E-state index contributed by atoms with van der Waals surface area (Å²) in [6.07, 6.45) is 3.61. The molecule has 3 aromatic rings. The maximum absolute atomic E-state index is 14.3. The van der Waals surface area contributed by atoms with Gasteiger partial charge in [-0.15, -0.1) is 0 Å². The second-order valence-corrected chi connectivity index (χ2v) is 13.4. The minimum absolute atomic E-state index is 0.0456. The number of piperazine rings is 1. The Morgan fingerprint density at radius 3 is 2.52 bits per heavy atom. The highest BCUT2D eigenvalue weighted by Gasteiger charge is 2.54. The van der Waals surface area contributed by atoms with E-state index in [0.717, 1.165) is 39.0 Å². The first-order chi connectivity index (χ1) is 21.3. The Balaban J connectivity index is 1.50. The van der Waals surface area contributed by atoms with E-state index in [9.17, 15) is 13.7 Å². The average Bonchev–Trinajstić information content (AvgIpc) is 3.41. The molecule has 2 aromatic heterocycles. The van der Waals surface area contributed by atoms with Gasteiger partial charge in [-0.05, 0) is 75.3 Å². The number of aromatic nitrogens is 2. The van der Waals surface area contributed by atoms with E-state index in [1.165, 1.54) is 23.7 Å². The number of sulfonamides is 1. The van der Waals surface area contributed by atoms with Crippen LogP contribution in [0.4, 0.5) is 5.69 Å². The van der Waals surface area contributed by atoms with Crippen molar-refractivity contribution < 1.29 is 17.9 Å². The SMILES string of the molecule is CCOc1nc(Cl)ccc1C1(N2CCN(C3CCNCC3)CC2)CN(S(=O)(=O)c2ccc(OC)cn2)c2ccc(C#N)cc21. The molecule has 1 atom stereocenters. The van der Waals surface area contributed by atoms with Gasteiger partial charge in [0.15, 0.2) is 5.03 Å². The zero-order valence-corrected chi connectivity index (χ0v) is 26.4. The van der Waals surface area contributed by atoms with Gasteiger partial charge in [0, 0.05) is 43.3 Å². The molecule has 0 spiro atoms. The fourth-order valence-electron chi connectivity index (χ4n) is 6.79. The predicted molar refractivity (Wildman–Crippen MR) is 167 cm³/mol. The summed E-state index contributed by atoms with van der Waals surface area (Å²) in [6, 6.07) is 14.6. The smallest absolute Gasteiger partial charge is 0.281 e. The van der Waals surface area contributed by atoms with Crippen LogP contribution >= 0.6 is 11.6 Å². The summed E-state index contributed by atoms with van der Waals surface area (Å²) in [4.78, 5) is 13.7. The Morgan fingerprint density at radius 2 is 1.86 bits per heavy atom. The molecule has 232 valence electrons. The van der Waals surface area contributed by atoms with Crippen molar-refractivity contribution in [1.29, 1.82) is 5.26 Å². The van der Waals surface area contributed by atoms with Crippen LogP contribution in [0.1, 0.15) is 36.5 Å². The van der Waals surface area contributed by atoms with Crippen LogP contribution < -0.4 is 19.1 Å². The summed E-state index contributed by atoms with van der Waals surface area (Å²) < 4.78 is 41.3. The Bertz CT molecular complexity index is 1650. The quantitative estimate of drug-likeness (QED) is 0.368. The second kappa shape index (κ2) is 12.5. The molecular formula is C31H36ClN7O4S. The van der Waals surface area contributed by atoms with Crippen molar-refractivity contribution in [2.24, 2.45) is 0 Å². The summed E-state index contributed by atoms with van der Waals surface area (Å²) in [5, 5.41) is 13.6. The normalized spacial score (nSPS) is 21.5.